The number of hydrogen-bond acceptors (Lipinski definition) is 3. The van der Waals surface area contributed by atoms with Crippen LogP contribution >= 0.6 is 0 Å². The van der Waals surface area contributed by atoms with Crippen LogP contribution in [0.2, 0.25) is 0 Å². The van der Waals surface area contributed by atoms with Gasteiger partial charge in [0.2, 0.25) is 0 Å². The average Bonchev–Trinajstić information content (AvgIpc) is 2.86. The molecule has 1 aliphatic rings. The van der Waals surface area contributed by atoms with Gasteiger partial charge in [-0.3, -0.25) is 4.90 Å². The van der Waals surface area contributed by atoms with E-state index < -0.39 is 0 Å². The lowest BCUT2D eigenvalue weighted by molar-refractivity contribution is 0.240. The molecule has 3 rings (SSSR count). The molecule has 3 heteroatoms. The summed E-state index contributed by atoms with van der Waals surface area (Å²) in [4.78, 5) is 2.58. The molecule has 0 spiro atoms. The highest BCUT2D eigenvalue weighted by atomic mass is 16.5. The summed E-state index contributed by atoms with van der Waals surface area (Å²) in [6, 6.07) is 19.7. The average molecular weight is 310 g/mol. The molecule has 2 aromatic rings. The molecule has 0 amide bonds. The fourth-order valence-corrected chi connectivity index (χ4v) is 3.32. The number of nitrogens with one attached hydrogen (secondary N) is 1. The van der Waals surface area contributed by atoms with Crippen LogP contribution in [0.4, 0.5) is 0 Å². The van der Waals surface area contributed by atoms with Crippen molar-refractivity contribution in [3.63, 3.8) is 0 Å². The van der Waals surface area contributed by atoms with E-state index in [0.29, 0.717) is 6.61 Å². The fourth-order valence-electron chi connectivity index (χ4n) is 3.32. The Morgan fingerprint density at radius 3 is 2.65 bits per heavy atom. The van der Waals surface area contributed by atoms with E-state index >= 15 is 0 Å². The highest BCUT2D eigenvalue weighted by Gasteiger charge is 2.23. The summed E-state index contributed by atoms with van der Waals surface area (Å²) in [5, 5.41) is 3.50. The first-order valence-corrected chi connectivity index (χ1v) is 8.61. The van der Waals surface area contributed by atoms with E-state index in [1.807, 2.05) is 13.0 Å². The lowest BCUT2D eigenvalue weighted by atomic mass is 9.96. The van der Waals surface area contributed by atoms with E-state index in [1.165, 1.54) is 17.5 Å². The molecule has 122 valence electrons. The van der Waals surface area contributed by atoms with Crippen LogP contribution < -0.4 is 10.1 Å². The van der Waals surface area contributed by atoms with Gasteiger partial charge in [0, 0.05) is 19.6 Å². The highest BCUT2D eigenvalue weighted by Crippen LogP contribution is 2.31. The minimum absolute atomic E-state index is 0.288. The van der Waals surface area contributed by atoms with Crippen LogP contribution in [0, 0.1) is 0 Å². The van der Waals surface area contributed by atoms with Crippen molar-refractivity contribution in [2.45, 2.75) is 19.4 Å². The van der Waals surface area contributed by atoms with Crippen LogP contribution in [0.15, 0.2) is 54.6 Å². The zero-order chi connectivity index (χ0) is 15.9. The second-order valence-corrected chi connectivity index (χ2v) is 5.96. The quantitative estimate of drug-likeness (QED) is 0.915. The van der Waals surface area contributed by atoms with Crippen molar-refractivity contribution in [2.24, 2.45) is 0 Å². The van der Waals surface area contributed by atoms with E-state index in [0.717, 1.165) is 31.9 Å². The van der Waals surface area contributed by atoms with Gasteiger partial charge >= 0.3 is 0 Å². The maximum atomic E-state index is 5.71. The van der Waals surface area contributed by atoms with Crippen molar-refractivity contribution >= 4 is 0 Å². The van der Waals surface area contributed by atoms with Gasteiger partial charge in [-0.2, -0.15) is 0 Å². The molecule has 2 aromatic carbocycles. The van der Waals surface area contributed by atoms with Gasteiger partial charge in [-0.15, -0.1) is 0 Å². The lowest BCUT2D eigenvalue weighted by Gasteiger charge is -2.31. The number of hydrogen-bond donors (Lipinski definition) is 1. The Hall–Kier alpha value is -1.84. The summed E-state index contributed by atoms with van der Waals surface area (Å²) in [5.74, 6) is 0.957. The summed E-state index contributed by atoms with van der Waals surface area (Å²) >= 11 is 0. The third-order valence-corrected chi connectivity index (χ3v) is 4.34. The molecule has 1 saturated heterocycles. The Morgan fingerprint density at radius 2 is 1.83 bits per heavy atom. The molecule has 0 aliphatic carbocycles. The van der Waals surface area contributed by atoms with E-state index in [1.54, 1.807) is 0 Å². The molecule has 1 N–H and O–H groups in total. The van der Waals surface area contributed by atoms with Crippen LogP contribution in [0.25, 0.3) is 0 Å². The third kappa shape index (κ3) is 4.12. The zero-order valence-electron chi connectivity index (χ0n) is 13.9. The van der Waals surface area contributed by atoms with Gasteiger partial charge in [0.25, 0.3) is 0 Å². The highest BCUT2D eigenvalue weighted by molar-refractivity contribution is 5.37. The van der Waals surface area contributed by atoms with E-state index in [2.05, 4.69) is 58.7 Å². The molecule has 1 unspecified atom stereocenters. The van der Waals surface area contributed by atoms with Crippen molar-refractivity contribution in [1.29, 1.82) is 0 Å². The Bertz CT molecular complexity index is 592. The van der Waals surface area contributed by atoms with Crippen molar-refractivity contribution in [3.05, 3.63) is 65.7 Å². The predicted octanol–water partition coefficient (Wildman–Crippen LogP) is 3.47. The summed E-state index contributed by atoms with van der Waals surface area (Å²) in [5.41, 5.74) is 2.66. The molecule has 0 aromatic heterocycles. The van der Waals surface area contributed by atoms with Crippen molar-refractivity contribution in [2.75, 3.05) is 32.8 Å². The Kier molecular flexibility index (Phi) is 5.67. The van der Waals surface area contributed by atoms with E-state index in [-0.39, 0.29) is 6.04 Å². The summed E-state index contributed by atoms with van der Waals surface area (Å²) in [7, 11) is 0. The van der Waals surface area contributed by atoms with Gasteiger partial charge in [0.05, 0.1) is 12.6 Å². The zero-order valence-corrected chi connectivity index (χ0v) is 13.9. The summed E-state index contributed by atoms with van der Waals surface area (Å²) in [6.07, 6.45) is 1.19. The van der Waals surface area contributed by atoms with Crippen LogP contribution in [0.5, 0.6) is 5.75 Å². The topological polar surface area (TPSA) is 24.5 Å². The van der Waals surface area contributed by atoms with Crippen molar-refractivity contribution in [1.82, 2.24) is 10.2 Å². The maximum absolute atomic E-state index is 5.71. The predicted molar refractivity (Wildman–Crippen MR) is 95.0 cm³/mol. The van der Waals surface area contributed by atoms with E-state index in [9.17, 15) is 0 Å². The SMILES string of the molecule is CCOc1cccc(C(c2ccccc2)N2CCCNCC2)c1. The number of nitrogens with zero attached hydrogens (tertiary/aromatic N) is 1. The first-order chi connectivity index (χ1) is 11.4. The second-order valence-electron chi connectivity index (χ2n) is 5.96. The van der Waals surface area contributed by atoms with Gasteiger partial charge in [-0.25, -0.2) is 0 Å². The van der Waals surface area contributed by atoms with Crippen LogP contribution in [0.3, 0.4) is 0 Å². The van der Waals surface area contributed by atoms with Crippen LogP contribution in [-0.2, 0) is 0 Å². The van der Waals surface area contributed by atoms with Gasteiger partial charge in [-0.1, -0.05) is 42.5 Å². The molecule has 1 fully saturated rings. The normalized spacial score (nSPS) is 17.4. The van der Waals surface area contributed by atoms with Crippen LogP contribution in [-0.4, -0.2) is 37.7 Å². The molecule has 23 heavy (non-hydrogen) atoms. The molecule has 0 bridgehead atoms. The largest absolute Gasteiger partial charge is 0.494 e. The molecule has 1 heterocycles. The molecule has 1 aliphatic heterocycles. The van der Waals surface area contributed by atoms with E-state index in [4.69, 9.17) is 4.74 Å². The molecular formula is C20H26N2O. The molecule has 0 radical (unpaired) electrons. The third-order valence-electron chi connectivity index (χ3n) is 4.34. The Labute approximate surface area is 139 Å². The molecule has 1 atom stereocenters. The van der Waals surface area contributed by atoms with Crippen LogP contribution in [0.1, 0.15) is 30.5 Å². The number of rotatable bonds is 5. The maximum Gasteiger partial charge on any atom is 0.119 e. The smallest absolute Gasteiger partial charge is 0.119 e. The first kappa shape index (κ1) is 16.0. The second kappa shape index (κ2) is 8.14. The first-order valence-electron chi connectivity index (χ1n) is 8.61. The Morgan fingerprint density at radius 1 is 1.00 bits per heavy atom. The lowest BCUT2D eigenvalue weighted by Crippen LogP contribution is -2.33. The van der Waals surface area contributed by atoms with Gasteiger partial charge in [-0.05, 0) is 43.1 Å². The van der Waals surface area contributed by atoms with Gasteiger partial charge < -0.3 is 10.1 Å². The molecule has 3 nitrogen and oxygen atoms in total. The Balaban J connectivity index is 1.95. The minimum Gasteiger partial charge on any atom is -0.494 e. The minimum atomic E-state index is 0.288. The monoisotopic (exact) mass is 310 g/mol. The van der Waals surface area contributed by atoms with Gasteiger partial charge in [0.15, 0.2) is 0 Å². The van der Waals surface area contributed by atoms with Gasteiger partial charge in [0.1, 0.15) is 5.75 Å². The standard InChI is InChI=1S/C20H26N2O/c1-2-23-19-11-6-10-18(16-19)20(17-8-4-3-5-9-17)22-14-7-12-21-13-15-22/h3-6,8-11,16,20-21H,2,7,12-15H2,1H3. The van der Waals surface area contributed by atoms with Crippen molar-refractivity contribution in [3.8, 4) is 5.75 Å². The summed E-state index contributed by atoms with van der Waals surface area (Å²) < 4.78 is 5.71. The molecular weight excluding hydrogens is 284 g/mol. The number of benzene rings is 2. The molecule has 0 saturated carbocycles. The van der Waals surface area contributed by atoms with Crippen molar-refractivity contribution < 1.29 is 4.74 Å². The number of ether oxygens (including phenoxy) is 1. The fraction of sp³-hybridized carbons (Fsp3) is 0.400. The summed E-state index contributed by atoms with van der Waals surface area (Å²) in [6.45, 7) is 7.07.